The van der Waals surface area contributed by atoms with Crippen LogP contribution in [0, 0.1) is 0 Å². The van der Waals surface area contributed by atoms with Crippen molar-refractivity contribution in [3.05, 3.63) is 48.6 Å². The van der Waals surface area contributed by atoms with E-state index in [0.717, 1.165) is 83.5 Å². The minimum atomic E-state index is -0.766. The number of carbonyl (C=O) groups excluding carboxylic acids is 3. The number of hydrogen-bond donors (Lipinski definition) is 0. The molecule has 1 unspecified atom stereocenters. The molecule has 0 radical (unpaired) electrons. The minimum Gasteiger partial charge on any atom is -0.462 e. The van der Waals surface area contributed by atoms with Crippen molar-refractivity contribution in [2.24, 2.45) is 0 Å². The monoisotopic (exact) mass is 1110 g/mol. The highest BCUT2D eigenvalue weighted by Gasteiger charge is 2.19. The third kappa shape index (κ3) is 66.1. The van der Waals surface area contributed by atoms with Gasteiger partial charge in [-0.2, -0.15) is 0 Å². The Hall–Kier alpha value is -2.63. The maximum atomic E-state index is 12.9. The van der Waals surface area contributed by atoms with Crippen molar-refractivity contribution in [3.63, 3.8) is 0 Å². The SMILES string of the molecule is CC/C=C\C/C=C\C/C=C\C/C=C\CCCCCCCCCCCCCCCCCCCCC(=O)OCC(COC(=O)CCCCCCCCC)OC(=O)CCCCCCCCCCCCCCCCCCCCCCCCC. The zero-order chi connectivity index (χ0) is 57.1. The molecule has 0 aromatic heterocycles. The van der Waals surface area contributed by atoms with Crippen LogP contribution in [0.1, 0.15) is 380 Å². The van der Waals surface area contributed by atoms with Gasteiger partial charge in [-0.25, -0.2) is 0 Å². The van der Waals surface area contributed by atoms with Gasteiger partial charge < -0.3 is 14.2 Å². The normalized spacial score (nSPS) is 12.3. The molecule has 0 fully saturated rings. The summed E-state index contributed by atoms with van der Waals surface area (Å²) < 4.78 is 16.9. The van der Waals surface area contributed by atoms with Gasteiger partial charge in [-0.1, -0.05) is 352 Å². The largest absolute Gasteiger partial charge is 0.462 e. The summed E-state index contributed by atoms with van der Waals surface area (Å²) in [6.07, 6.45) is 86.1. The summed E-state index contributed by atoms with van der Waals surface area (Å²) in [5.41, 5.74) is 0. The van der Waals surface area contributed by atoms with Crippen LogP contribution in [0.3, 0.4) is 0 Å². The number of hydrogen-bond acceptors (Lipinski definition) is 6. The van der Waals surface area contributed by atoms with Crippen LogP contribution in [-0.4, -0.2) is 37.2 Å². The summed E-state index contributed by atoms with van der Waals surface area (Å²) in [7, 11) is 0. The lowest BCUT2D eigenvalue weighted by Crippen LogP contribution is -2.30. The molecule has 0 bridgehead atoms. The minimum absolute atomic E-state index is 0.0662. The maximum Gasteiger partial charge on any atom is 0.306 e. The van der Waals surface area contributed by atoms with E-state index < -0.39 is 6.10 Å². The Bertz CT molecular complexity index is 1360. The van der Waals surface area contributed by atoms with Crippen molar-refractivity contribution < 1.29 is 28.6 Å². The average molecular weight is 1110 g/mol. The molecule has 6 heteroatoms. The van der Waals surface area contributed by atoms with Crippen LogP contribution in [0.15, 0.2) is 48.6 Å². The Kier molecular flexibility index (Phi) is 65.6. The molecular formula is C73H134O6. The Balaban J connectivity index is 4.00. The second-order valence-electron chi connectivity index (χ2n) is 23.8. The first-order chi connectivity index (χ1) is 39.0. The van der Waals surface area contributed by atoms with Crippen molar-refractivity contribution in [2.75, 3.05) is 13.2 Å². The van der Waals surface area contributed by atoms with Gasteiger partial charge in [0, 0.05) is 19.3 Å². The molecule has 0 aromatic rings. The van der Waals surface area contributed by atoms with Crippen LogP contribution in [0.2, 0.25) is 0 Å². The summed E-state index contributed by atoms with van der Waals surface area (Å²) in [5, 5.41) is 0. The maximum absolute atomic E-state index is 12.9. The van der Waals surface area contributed by atoms with E-state index in [1.54, 1.807) is 0 Å². The Morgan fingerprint density at radius 1 is 0.266 bits per heavy atom. The second-order valence-corrected chi connectivity index (χ2v) is 23.8. The lowest BCUT2D eigenvalue weighted by molar-refractivity contribution is -0.167. The molecule has 0 aliphatic rings. The highest BCUT2D eigenvalue weighted by Crippen LogP contribution is 2.19. The van der Waals surface area contributed by atoms with E-state index in [4.69, 9.17) is 14.2 Å². The first-order valence-electron chi connectivity index (χ1n) is 35.1. The molecule has 462 valence electrons. The predicted octanol–water partition coefficient (Wildman–Crippen LogP) is 24.1. The van der Waals surface area contributed by atoms with Crippen molar-refractivity contribution in [2.45, 2.75) is 386 Å². The number of rotatable bonds is 65. The van der Waals surface area contributed by atoms with E-state index in [0.29, 0.717) is 19.3 Å². The van der Waals surface area contributed by atoms with Crippen LogP contribution in [0.5, 0.6) is 0 Å². The quantitative estimate of drug-likeness (QED) is 0.0261. The Morgan fingerprint density at radius 2 is 0.494 bits per heavy atom. The fourth-order valence-corrected chi connectivity index (χ4v) is 10.6. The summed E-state index contributed by atoms with van der Waals surface area (Å²) in [5.74, 6) is -0.845. The molecule has 1 atom stereocenters. The second kappa shape index (κ2) is 67.9. The van der Waals surface area contributed by atoms with E-state index in [1.807, 2.05) is 0 Å². The van der Waals surface area contributed by atoms with E-state index in [1.165, 1.54) is 257 Å². The van der Waals surface area contributed by atoms with E-state index in [9.17, 15) is 14.4 Å². The summed E-state index contributed by atoms with van der Waals surface area (Å²) in [4.78, 5) is 38.2. The van der Waals surface area contributed by atoms with Gasteiger partial charge in [0.2, 0.25) is 0 Å². The lowest BCUT2D eigenvalue weighted by atomic mass is 10.0. The molecule has 0 heterocycles. The van der Waals surface area contributed by atoms with E-state index in [2.05, 4.69) is 69.4 Å². The van der Waals surface area contributed by atoms with Crippen LogP contribution < -0.4 is 0 Å². The third-order valence-corrected chi connectivity index (χ3v) is 15.8. The first-order valence-corrected chi connectivity index (χ1v) is 35.1. The highest BCUT2D eigenvalue weighted by atomic mass is 16.6. The van der Waals surface area contributed by atoms with Crippen molar-refractivity contribution >= 4 is 17.9 Å². The molecule has 0 spiro atoms. The van der Waals surface area contributed by atoms with Crippen LogP contribution in [-0.2, 0) is 28.6 Å². The summed E-state index contributed by atoms with van der Waals surface area (Å²) >= 11 is 0. The van der Waals surface area contributed by atoms with Crippen LogP contribution in [0.4, 0.5) is 0 Å². The third-order valence-electron chi connectivity index (χ3n) is 15.8. The molecule has 0 saturated carbocycles. The van der Waals surface area contributed by atoms with Gasteiger partial charge in [0.15, 0.2) is 6.10 Å². The molecule has 0 aliphatic carbocycles. The molecule has 0 amide bonds. The van der Waals surface area contributed by atoms with Crippen LogP contribution in [0.25, 0.3) is 0 Å². The van der Waals surface area contributed by atoms with Gasteiger partial charge in [-0.3, -0.25) is 14.4 Å². The smallest absolute Gasteiger partial charge is 0.306 e. The number of ether oxygens (including phenoxy) is 3. The lowest BCUT2D eigenvalue weighted by Gasteiger charge is -2.18. The molecule has 0 N–H and O–H groups in total. The summed E-state index contributed by atoms with van der Waals surface area (Å²) in [6, 6.07) is 0. The van der Waals surface area contributed by atoms with E-state index in [-0.39, 0.29) is 31.1 Å². The van der Waals surface area contributed by atoms with Crippen LogP contribution >= 0.6 is 0 Å². The van der Waals surface area contributed by atoms with Crippen molar-refractivity contribution in [3.8, 4) is 0 Å². The molecule has 79 heavy (non-hydrogen) atoms. The summed E-state index contributed by atoms with van der Waals surface area (Å²) in [6.45, 7) is 6.55. The van der Waals surface area contributed by atoms with Crippen molar-refractivity contribution in [1.82, 2.24) is 0 Å². The first kappa shape index (κ1) is 76.4. The highest BCUT2D eigenvalue weighted by molar-refractivity contribution is 5.71. The fraction of sp³-hybridized carbons (Fsp3) is 0.849. The van der Waals surface area contributed by atoms with Gasteiger partial charge in [-0.05, 0) is 57.8 Å². The number of allylic oxidation sites excluding steroid dienone is 8. The number of esters is 3. The predicted molar refractivity (Wildman–Crippen MR) is 344 cm³/mol. The zero-order valence-electron chi connectivity index (χ0n) is 53.2. The topological polar surface area (TPSA) is 78.9 Å². The van der Waals surface area contributed by atoms with Gasteiger partial charge in [0.05, 0.1) is 0 Å². The van der Waals surface area contributed by atoms with Gasteiger partial charge in [0.1, 0.15) is 13.2 Å². The molecule has 6 nitrogen and oxygen atoms in total. The molecule has 0 saturated heterocycles. The molecular weight excluding hydrogens is 973 g/mol. The van der Waals surface area contributed by atoms with Gasteiger partial charge >= 0.3 is 17.9 Å². The van der Waals surface area contributed by atoms with E-state index >= 15 is 0 Å². The molecule has 0 aromatic carbocycles. The Labute approximate surface area is 492 Å². The zero-order valence-corrected chi connectivity index (χ0v) is 53.2. The molecule has 0 aliphatic heterocycles. The van der Waals surface area contributed by atoms with Gasteiger partial charge in [-0.15, -0.1) is 0 Å². The molecule has 0 rings (SSSR count). The number of unbranched alkanes of at least 4 members (excludes halogenated alkanes) is 46. The average Bonchev–Trinajstić information content (AvgIpc) is 3.45. The Morgan fingerprint density at radius 3 is 0.772 bits per heavy atom. The number of carbonyl (C=O) groups is 3. The fourth-order valence-electron chi connectivity index (χ4n) is 10.6. The standard InChI is InChI=1S/C73H134O6/c1-4-7-10-13-16-18-20-22-24-26-28-30-32-33-34-35-36-37-38-39-41-42-44-46-48-50-52-54-57-60-63-66-72(75)78-69-70(68-77-71(74)65-62-59-56-15-12-9-6-3)79-73(76)67-64-61-58-55-53-51-49-47-45-43-40-31-29-27-25-23-21-19-17-14-11-8-5-2/h7,10,16,18,22,24,28,30,70H,4-6,8-9,11-15,17,19-21,23,25-27,29,31-69H2,1-3H3/b10-7-,18-16-,24-22-,30-28-. The van der Waals surface area contributed by atoms with Gasteiger partial charge in [0.25, 0.3) is 0 Å². The van der Waals surface area contributed by atoms with Crippen molar-refractivity contribution in [1.29, 1.82) is 0 Å².